The van der Waals surface area contributed by atoms with E-state index in [4.69, 9.17) is 0 Å². The quantitative estimate of drug-likeness (QED) is 0.537. The molecule has 0 atom stereocenters. The van der Waals surface area contributed by atoms with Gasteiger partial charge in [0.2, 0.25) is 9.84 Å². The third-order valence-corrected chi connectivity index (χ3v) is 6.76. The molecule has 0 aliphatic rings. The molecular formula is C24H38N4O4S. The Morgan fingerprint density at radius 3 is 0.939 bits per heavy atom. The third kappa shape index (κ3) is 6.91. The van der Waals surface area contributed by atoms with Gasteiger partial charge in [-0.2, -0.15) is 0 Å². The Hall–Kier alpha value is -2.17. The first-order valence-electron chi connectivity index (χ1n) is 10.8. The molecule has 0 heterocycles. The van der Waals surface area contributed by atoms with Crippen molar-refractivity contribution in [1.29, 1.82) is 0 Å². The molecule has 9 heteroatoms. The van der Waals surface area contributed by atoms with Gasteiger partial charge < -0.3 is 29.8 Å². The SMILES string of the molecule is CN(C)Cc1cc(S(=O)(=O)c2cc(CN(C)C)c(O)c(CN(C)C)c2)cc(CN(C)C)c1O. The summed E-state index contributed by atoms with van der Waals surface area (Å²) in [5.41, 5.74) is 2.22. The van der Waals surface area contributed by atoms with Crippen molar-refractivity contribution in [2.24, 2.45) is 0 Å². The van der Waals surface area contributed by atoms with Crippen LogP contribution in [0, 0.1) is 0 Å². The Kier molecular flexibility index (Phi) is 8.89. The molecular weight excluding hydrogens is 440 g/mol. The summed E-state index contributed by atoms with van der Waals surface area (Å²) in [6, 6.07) is 6.20. The first kappa shape index (κ1) is 27.1. The van der Waals surface area contributed by atoms with E-state index in [1.54, 1.807) is 24.3 Å². The van der Waals surface area contributed by atoms with Crippen molar-refractivity contribution in [2.45, 2.75) is 36.0 Å². The van der Waals surface area contributed by atoms with Crippen LogP contribution in [0.4, 0.5) is 0 Å². The molecule has 0 aliphatic carbocycles. The topological polar surface area (TPSA) is 87.6 Å². The van der Waals surface area contributed by atoms with Crippen molar-refractivity contribution in [3.8, 4) is 11.5 Å². The Balaban J connectivity index is 2.73. The van der Waals surface area contributed by atoms with Crippen LogP contribution in [0.3, 0.4) is 0 Å². The Labute approximate surface area is 198 Å². The zero-order chi connectivity index (χ0) is 25.1. The van der Waals surface area contributed by atoms with Crippen LogP contribution < -0.4 is 0 Å². The minimum Gasteiger partial charge on any atom is -0.507 e. The average Bonchev–Trinajstić information content (AvgIpc) is 2.66. The van der Waals surface area contributed by atoms with Gasteiger partial charge in [-0.05, 0) is 80.6 Å². The molecule has 0 spiro atoms. The molecule has 2 N–H and O–H groups in total. The number of sulfone groups is 1. The van der Waals surface area contributed by atoms with Crippen LogP contribution in [0.15, 0.2) is 34.1 Å². The first-order chi connectivity index (χ1) is 15.2. The van der Waals surface area contributed by atoms with E-state index in [0.29, 0.717) is 48.4 Å². The van der Waals surface area contributed by atoms with Gasteiger partial charge in [0, 0.05) is 48.4 Å². The van der Waals surface area contributed by atoms with E-state index in [-0.39, 0.29) is 21.3 Å². The summed E-state index contributed by atoms with van der Waals surface area (Å²) in [6.07, 6.45) is 0. The number of hydrogen-bond acceptors (Lipinski definition) is 8. The van der Waals surface area contributed by atoms with E-state index in [0.717, 1.165) is 0 Å². The van der Waals surface area contributed by atoms with Crippen LogP contribution in [-0.4, -0.2) is 94.6 Å². The Bertz CT molecular complexity index is 938. The second-order valence-corrected chi connectivity index (χ2v) is 11.6. The normalized spacial score (nSPS) is 12.5. The summed E-state index contributed by atoms with van der Waals surface area (Å²) in [5.74, 6) is 0.229. The lowest BCUT2D eigenvalue weighted by atomic mass is 10.1. The lowest BCUT2D eigenvalue weighted by molar-refractivity contribution is 0.367. The van der Waals surface area contributed by atoms with E-state index in [2.05, 4.69) is 0 Å². The fraction of sp³-hybridized carbons (Fsp3) is 0.500. The standard InChI is InChI=1S/C24H38N4O4S/c1-25(2)13-17-9-21(10-18(23(17)29)14-26(3)4)33(31,32)22-11-19(15-27(5)6)24(30)20(12-22)16-28(7)8/h9-12,29-30H,13-16H2,1-8H3. The molecule has 0 unspecified atom stereocenters. The molecule has 0 fully saturated rings. The highest BCUT2D eigenvalue weighted by atomic mass is 32.2. The molecule has 2 aromatic rings. The molecule has 0 saturated carbocycles. The Morgan fingerprint density at radius 2 is 0.758 bits per heavy atom. The van der Waals surface area contributed by atoms with Crippen molar-refractivity contribution in [3.63, 3.8) is 0 Å². The number of hydrogen-bond donors (Lipinski definition) is 2. The van der Waals surface area contributed by atoms with Crippen molar-refractivity contribution in [1.82, 2.24) is 19.6 Å². The number of phenolic OH excluding ortho intramolecular Hbond substituents is 2. The van der Waals surface area contributed by atoms with E-state index in [1.165, 1.54) is 0 Å². The van der Waals surface area contributed by atoms with Gasteiger partial charge >= 0.3 is 0 Å². The number of rotatable bonds is 10. The summed E-state index contributed by atoms with van der Waals surface area (Å²) in [4.78, 5) is 7.80. The molecule has 0 radical (unpaired) electrons. The number of aromatic hydroxyl groups is 2. The van der Waals surface area contributed by atoms with Crippen LogP contribution in [0.1, 0.15) is 22.3 Å². The van der Waals surface area contributed by atoms with Gasteiger partial charge in [0.1, 0.15) is 11.5 Å². The van der Waals surface area contributed by atoms with E-state index >= 15 is 0 Å². The first-order valence-corrected chi connectivity index (χ1v) is 12.2. The van der Waals surface area contributed by atoms with Gasteiger partial charge in [-0.15, -0.1) is 0 Å². The van der Waals surface area contributed by atoms with E-state index < -0.39 is 9.84 Å². The van der Waals surface area contributed by atoms with Crippen molar-refractivity contribution in [2.75, 3.05) is 56.4 Å². The smallest absolute Gasteiger partial charge is 0.206 e. The van der Waals surface area contributed by atoms with Crippen LogP contribution in [0.2, 0.25) is 0 Å². The maximum atomic E-state index is 13.8. The maximum absolute atomic E-state index is 13.8. The van der Waals surface area contributed by atoms with Gasteiger partial charge in [0.15, 0.2) is 0 Å². The van der Waals surface area contributed by atoms with Crippen molar-refractivity contribution in [3.05, 3.63) is 46.5 Å². The summed E-state index contributed by atoms with van der Waals surface area (Å²) in [7, 11) is 11.0. The average molecular weight is 479 g/mol. The molecule has 0 aromatic heterocycles. The molecule has 0 aliphatic heterocycles. The number of phenols is 2. The summed E-state index contributed by atoms with van der Waals surface area (Å²) in [6.45, 7) is 1.62. The molecule has 184 valence electrons. The second-order valence-electron chi connectivity index (χ2n) is 9.63. The zero-order valence-corrected chi connectivity index (χ0v) is 21.9. The minimum absolute atomic E-state index is 0.114. The monoisotopic (exact) mass is 478 g/mol. The van der Waals surface area contributed by atoms with Gasteiger partial charge in [-0.1, -0.05) is 0 Å². The Morgan fingerprint density at radius 1 is 0.545 bits per heavy atom. The summed E-state index contributed by atoms with van der Waals surface area (Å²) < 4.78 is 27.6. The second kappa shape index (κ2) is 10.8. The summed E-state index contributed by atoms with van der Waals surface area (Å²) >= 11 is 0. The maximum Gasteiger partial charge on any atom is 0.206 e. The molecule has 2 rings (SSSR count). The predicted molar refractivity (Wildman–Crippen MR) is 131 cm³/mol. The summed E-state index contributed by atoms with van der Waals surface area (Å²) in [5, 5.41) is 21.6. The fourth-order valence-electron chi connectivity index (χ4n) is 3.75. The lowest BCUT2D eigenvalue weighted by Gasteiger charge is -2.20. The predicted octanol–water partition coefficient (Wildman–Crippen LogP) is 2.18. The largest absolute Gasteiger partial charge is 0.507 e. The third-order valence-electron chi connectivity index (χ3n) is 5.05. The van der Waals surface area contributed by atoms with Crippen molar-refractivity contribution < 1.29 is 18.6 Å². The van der Waals surface area contributed by atoms with Gasteiger partial charge in [0.05, 0.1) is 9.79 Å². The van der Waals surface area contributed by atoms with Gasteiger partial charge in [-0.3, -0.25) is 0 Å². The number of benzene rings is 2. The van der Waals surface area contributed by atoms with Gasteiger partial charge in [-0.25, -0.2) is 8.42 Å². The highest BCUT2D eigenvalue weighted by molar-refractivity contribution is 7.91. The fourth-order valence-corrected chi connectivity index (χ4v) is 5.21. The minimum atomic E-state index is -3.90. The lowest BCUT2D eigenvalue weighted by Crippen LogP contribution is -2.16. The molecule has 2 aromatic carbocycles. The van der Waals surface area contributed by atoms with Gasteiger partial charge in [0.25, 0.3) is 0 Å². The van der Waals surface area contributed by atoms with Crippen LogP contribution in [0.25, 0.3) is 0 Å². The van der Waals surface area contributed by atoms with Crippen LogP contribution in [-0.2, 0) is 36.0 Å². The molecule has 0 bridgehead atoms. The number of nitrogens with zero attached hydrogens (tertiary/aromatic N) is 4. The molecule has 8 nitrogen and oxygen atoms in total. The van der Waals surface area contributed by atoms with E-state index in [1.807, 2.05) is 76.0 Å². The molecule has 0 saturated heterocycles. The molecule has 0 amide bonds. The van der Waals surface area contributed by atoms with Crippen molar-refractivity contribution >= 4 is 9.84 Å². The zero-order valence-electron chi connectivity index (χ0n) is 21.0. The van der Waals surface area contributed by atoms with Crippen LogP contribution >= 0.6 is 0 Å². The van der Waals surface area contributed by atoms with Crippen LogP contribution in [0.5, 0.6) is 11.5 Å². The molecule has 33 heavy (non-hydrogen) atoms. The highest BCUT2D eigenvalue weighted by Crippen LogP contribution is 2.34. The van der Waals surface area contributed by atoms with E-state index in [9.17, 15) is 18.6 Å². The highest BCUT2D eigenvalue weighted by Gasteiger charge is 2.25.